The summed E-state index contributed by atoms with van der Waals surface area (Å²) in [5, 5.41) is 3.47. The van der Waals surface area contributed by atoms with Gasteiger partial charge in [-0.25, -0.2) is 13.1 Å². The van der Waals surface area contributed by atoms with Gasteiger partial charge in [0.2, 0.25) is 10.0 Å². The van der Waals surface area contributed by atoms with Gasteiger partial charge in [-0.2, -0.15) is 0 Å². The topological polar surface area (TPSA) is 84.5 Å². The van der Waals surface area contributed by atoms with E-state index in [-0.39, 0.29) is 28.2 Å². The van der Waals surface area contributed by atoms with E-state index in [0.29, 0.717) is 18.0 Å². The Morgan fingerprint density at radius 2 is 1.85 bits per heavy atom. The molecule has 0 saturated heterocycles. The molecule has 2 aromatic carbocycles. The molecule has 0 aromatic heterocycles. The third-order valence-corrected chi connectivity index (χ3v) is 5.71. The largest absolute Gasteiger partial charge is 0.495 e. The van der Waals surface area contributed by atoms with E-state index in [1.165, 1.54) is 25.3 Å². The Hall–Kier alpha value is -2.09. The highest BCUT2D eigenvalue weighted by Gasteiger charge is 2.22. The fourth-order valence-corrected chi connectivity index (χ4v) is 3.91. The number of carbonyl (C=O) groups excluding carboxylic acids is 1. The average Bonchev–Trinajstić information content (AvgIpc) is 2.66. The molecule has 2 rings (SSSR count). The summed E-state index contributed by atoms with van der Waals surface area (Å²) in [7, 11) is -2.39. The number of hydrogen-bond acceptors (Lipinski definition) is 4. The molecule has 8 heteroatoms. The van der Waals surface area contributed by atoms with Crippen molar-refractivity contribution in [2.75, 3.05) is 13.7 Å². The number of methoxy groups -OCH3 is 1. The summed E-state index contributed by atoms with van der Waals surface area (Å²) in [5.41, 5.74) is 1.12. The quantitative estimate of drug-likeness (QED) is 0.697. The number of sulfonamides is 1. The first-order valence-corrected chi connectivity index (χ1v) is 10.4. The number of rotatable bonds is 8. The van der Waals surface area contributed by atoms with Crippen molar-refractivity contribution in [2.45, 2.75) is 31.2 Å². The van der Waals surface area contributed by atoms with E-state index in [9.17, 15) is 13.2 Å². The smallest absolute Gasteiger partial charge is 0.251 e. The molecule has 1 amide bonds. The van der Waals surface area contributed by atoms with E-state index in [4.69, 9.17) is 16.3 Å². The van der Waals surface area contributed by atoms with Crippen LogP contribution in [0.3, 0.4) is 0 Å². The number of ether oxygens (including phenoxy) is 1. The van der Waals surface area contributed by atoms with Crippen LogP contribution in [-0.2, 0) is 10.0 Å². The highest BCUT2D eigenvalue weighted by molar-refractivity contribution is 7.89. The second-order valence-corrected chi connectivity index (χ2v) is 8.18. The molecule has 27 heavy (non-hydrogen) atoms. The monoisotopic (exact) mass is 410 g/mol. The van der Waals surface area contributed by atoms with Crippen LogP contribution in [0.1, 0.15) is 42.2 Å². The SMILES string of the molecule is CCCNS(=O)(=O)c1cc(C(=O)N[C@H](C)c2ccc(Cl)cc2)ccc1OC. The number of carbonyl (C=O) groups is 1. The van der Waals surface area contributed by atoms with Gasteiger partial charge in [-0.1, -0.05) is 30.7 Å². The second kappa shape index (κ2) is 9.21. The minimum atomic E-state index is -3.78. The van der Waals surface area contributed by atoms with Gasteiger partial charge in [0.1, 0.15) is 10.6 Å². The van der Waals surface area contributed by atoms with Gasteiger partial charge in [0.25, 0.3) is 5.91 Å². The highest BCUT2D eigenvalue weighted by atomic mass is 35.5. The zero-order chi connectivity index (χ0) is 20.0. The highest BCUT2D eigenvalue weighted by Crippen LogP contribution is 2.25. The second-order valence-electron chi connectivity index (χ2n) is 6.01. The Kier molecular flexibility index (Phi) is 7.24. The summed E-state index contributed by atoms with van der Waals surface area (Å²) in [6.07, 6.45) is 0.653. The minimum Gasteiger partial charge on any atom is -0.495 e. The van der Waals surface area contributed by atoms with Gasteiger partial charge in [-0.15, -0.1) is 0 Å². The molecule has 2 aromatic rings. The minimum absolute atomic E-state index is 0.0646. The summed E-state index contributed by atoms with van der Waals surface area (Å²) >= 11 is 5.88. The van der Waals surface area contributed by atoms with Gasteiger partial charge in [0, 0.05) is 17.1 Å². The number of halogens is 1. The number of amides is 1. The third-order valence-electron chi connectivity index (χ3n) is 3.98. The predicted molar refractivity (Wildman–Crippen MR) is 106 cm³/mol. The van der Waals surface area contributed by atoms with Gasteiger partial charge in [-0.3, -0.25) is 4.79 Å². The zero-order valence-electron chi connectivity index (χ0n) is 15.5. The van der Waals surface area contributed by atoms with Crippen LogP contribution in [0.15, 0.2) is 47.4 Å². The van der Waals surface area contributed by atoms with Crippen LogP contribution in [-0.4, -0.2) is 28.0 Å². The Labute approximate surface area is 164 Å². The van der Waals surface area contributed by atoms with Crippen molar-refractivity contribution in [3.8, 4) is 5.75 Å². The fourth-order valence-electron chi connectivity index (χ4n) is 2.46. The van der Waals surface area contributed by atoms with Crippen LogP contribution in [0.4, 0.5) is 0 Å². The molecule has 0 aliphatic rings. The molecule has 0 unspecified atom stereocenters. The van der Waals surface area contributed by atoms with Crippen molar-refractivity contribution in [1.29, 1.82) is 0 Å². The van der Waals surface area contributed by atoms with Gasteiger partial charge >= 0.3 is 0 Å². The molecule has 2 N–H and O–H groups in total. The molecule has 0 saturated carbocycles. The van der Waals surface area contributed by atoms with Crippen molar-refractivity contribution in [1.82, 2.24) is 10.0 Å². The first kappa shape index (κ1) is 21.2. The standard InChI is InChI=1S/C19H23ClN2O4S/c1-4-11-21-27(24,25)18-12-15(7-10-17(18)26-3)19(23)22-13(2)14-5-8-16(20)9-6-14/h5-10,12-13,21H,4,11H2,1-3H3,(H,22,23)/t13-/m1/s1. The summed E-state index contributed by atoms with van der Waals surface area (Å²) in [6, 6.07) is 11.2. The molecule has 0 spiro atoms. The van der Waals surface area contributed by atoms with E-state index in [2.05, 4.69) is 10.0 Å². The fraction of sp³-hybridized carbons (Fsp3) is 0.316. The molecule has 146 valence electrons. The first-order valence-electron chi connectivity index (χ1n) is 8.52. The zero-order valence-corrected chi connectivity index (χ0v) is 17.0. The normalized spacial score (nSPS) is 12.4. The summed E-state index contributed by atoms with van der Waals surface area (Å²) in [5.74, 6) is -0.201. The maximum atomic E-state index is 12.6. The van der Waals surface area contributed by atoms with Crippen molar-refractivity contribution < 1.29 is 17.9 Å². The van der Waals surface area contributed by atoms with Crippen LogP contribution < -0.4 is 14.8 Å². The van der Waals surface area contributed by atoms with Crippen molar-refractivity contribution >= 4 is 27.5 Å². The lowest BCUT2D eigenvalue weighted by atomic mass is 10.1. The van der Waals surface area contributed by atoms with Crippen molar-refractivity contribution in [3.63, 3.8) is 0 Å². The predicted octanol–water partition coefficient (Wildman–Crippen LogP) is 3.53. The van der Waals surface area contributed by atoms with Gasteiger partial charge in [0.15, 0.2) is 0 Å². The molecule has 1 atom stereocenters. The van der Waals surface area contributed by atoms with E-state index in [0.717, 1.165) is 5.56 Å². The maximum absolute atomic E-state index is 12.6. The van der Waals surface area contributed by atoms with E-state index >= 15 is 0 Å². The first-order chi connectivity index (χ1) is 12.8. The molecule has 0 aliphatic heterocycles. The molecular weight excluding hydrogens is 388 g/mol. The molecule has 0 aliphatic carbocycles. The van der Waals surface area contributed by atoms with E-state index in [1.54, 1.807) is 12.1 Å². The molecular formula is C19H23ClN2O4S. The molecule has 0 fully saturated rings. The Balaban J connectivity index is 2.26. The average molecular weight is 411 g/mol. The van der Waals surface area contributed by atoms with Crippen molar-refractivity contribution in [3.05, 3.63) is 58.6 Å². The van der Waals surface area contributed by atoms with Gasteiger partial charge < -0.3 is 10.1 Å². The number of hydrogen-bond donors (Lipinski definition) is 2. The number of benzene rings is 2. The van der Waals surface area contributed by atoms with Crippen LogP contribution >= 0.6 is 11.6 Å². The van der Waals surface area contributed by atoms with Crippen LogP contribution in [0, 0.1) is 0 Å². The summed E-state index contributed by atoms with van der Waals surface area (Å²) in [4.78, 5) is 12.5. The maximum Gasteiger partial charge on any atom is 0.251 e. The molecule has 0 heterocycles. The van der Waals surface area contributed by atoms with Gasteiger partial charge in [0.05, 0.1) is 13.2 Å². The lowest BCUT2D eigenvalue weighted by Gasteiger charge is -2.16. The van der Waals surface area contributed by atoms with Gasteiger partial charge in [-0.05, 0) is 49.2 Å². The molecule has 0 bridgehead atoms. The summed E-state index contributed by atoms with van der Waals surface area (Å²) in [6.45, 7) is 4.00. The van der Waals surface area contributed by atoms with Crippen LogP contribution in [0.25, 0.3) is 0 Å². The molecule has 0 radical (unpaired) electrons. The lowest BCUT2D eigenvalue weighted by molar-refractivity contribution is 0.0939. The molecule has 6 nitrogen and oxygen atoms in total. The van der Waals surface area contributed by atoms with Crippen molar-refractivity contribution in [2.24, 2.45) is 0 Å². The van der Waals surface area contributed by atoms with Crippen LogP contribution in [0.2, 0.25) is 5.02 Å². The lowest BCUT2D eigenvalue weighted by Crippen LogP contribution is -2.28. The van der Waals surface area contributed by atoms with Crippen LogP contribution in [0.5, 0.6) is 5.75 Å². The third kappa shape index (κ3) is 5.45. The Bertz CT molecular complexity index is 898. The van der Waals surface area contributed by atoms with E-state index in [1.807, 2.05) is 26.0 Å². The Morgan fingerprint density at radius 1 is 1.19 bits per heavy atom. The van der Waals surface area contributed by atoms with E-state index < -0.39 is 10.0 Å². The summed E-state index contributed by atoms with van der Waals surface area (Å²) < 4.78 is 32.6. The number of nitrogens with one attached hydrogen (secondary N) is 2. The Morgan fingerprint density at radius 3 is 2.44 bits per heavy atom.